The van der Waals surface area contributed by atoms with Crippen LogP contribution in [0.2, 0.25) is 0 Å². The minimum Gasteiger partial charge on any atom is -0.408 e. The minimum absolute atomic E-state index is 0.0880. The Balaban J connectivity index is 1.13. The van der Waals surface area contributed by atoms with Crippen LogP contribution in [0.25, 0.3) is 28.0 Å². The van der Waals surface area contributed by atoms with E-state index in [1.807, 2.05) is 34.0 Å². The van der Waals surface area contributed by atoms with E-state index in [1.54, 1.807) is 24.3 Å². The third-order valence-electron chi connectivity index (χ3n) is 8.68. The highest BCUT2D eigenvalue weighted by atomic mass is 32.2. The fourth-order valence-electron chi connectivity index (χ4n) is 6.09. The van der Waals surface area contributed by atoms with Crippen LogP contribution in [0, 0.1) is 5.82 Å². The van der Waals surface area contributed by atoms with Crippen molar-refractivity contribution in [1.82, 2.24) is 34.2 Å². The first-order valence-corrected chi connectivity index (χ1v) is 18.5. The van der Waals surface area contributed by atoms with Crippen molar-refractivity contribution < 1.29 is 22.0 Å². The summed E-state index contributed by atoms with van der Waals surface area (Å²) in [6.07, 6.45) is 3.66. The summed E-state index contributed by atoms with van der Waals surface area (Å²) in [7, 11) is -1.35. The lowest BCUT2D eigenvalue weighted by molar-refractivity contribution is 0.0953. The van der Waals surface area contributed by atoms with Crippen molar-refractivity contribution in [2.75, 3.05) is 37.8 Å². The molecule has 0 unspecified atom stereocenters. The largest absolute Gasteiger partial charge is 0.417 e. The van der Waals surface area contributed by atoms with Gasteiger partial charge in [-0.15, -0.1) is 11.3 Å². The fraction of sp³-hybridized carbons (Fsp3) is 0.303. The van der Waals surface area contributed by atoms with Gasteiger partial charge in [-0.05, 0) is 80.3 Å². The van der Waals surface area contributed by atoms with E-state index in [0.717, 1.165) is 22.8 Å². The summed E-state index contributed by atoms with van der Waals surface area (Å²) in [6, 6.07) is 14.9. The number of aryl methyl sites for hydroxylation is 1. The van der Waals surface area contributed by atoms with Gasteiger partial charge >= 0.3 is 5.76 Å². The standard InChI is InChI=1S/C33H33FN8O5S2/c1-40(32-37-27(19-48-32)20-5-8-23(34)9-6-20)31-26(4-3-15-35-30(43)22-7-10-25-28(18-22)47-33(44)38-25)36-29-12-11-24(39-42(29)31)21-13-16-41(17-14-21)49(2,45)46/h5-12,18-19,21H,3-4,13-17H2,1-2H3,(H,35,43)(H,38,44). The van der Waals surface area contributed by atoms with E-state index in [1.165, 1.54) is 40.1 Å². The SMILES string of the molecule is CN(c1nc(-c2ccc(F)cc2)cs1)c1c(CCCNC(=O)c2ccc3[nH]c(=O)oc3c2)nc2ccc(C3CCN(S(C)(=O)=O)CC3)nn12. The number of amides is 1. The highest BCUT2D eigenvalue weighted by Gasteiger charge is 2.28. The van der Waals surface area contributed by atoms with E-state index in [-0.39, 0.29) is 17.6 Å². The van der Waals surface area contributed by atoms with E-state index in [4.69, 9.17) is 19.5 Å². The topological polar surface area (TPSA) is 159 Å². The van der Waals surface area contributed by atoms with Gasteiger partial charge in [0.15, 0.2) is 22.2 Å². The third kappa shape index (κ3) is 6.84. The van der Waals surface area contributed by atoms with Gasteiger partial charge in [-0.25, -0.2) is 31.9 Å². The molecule has 254 valence electrons. The van der Waals surface area contributed by atoms with E-state index >= 15 is 0 Å². The van der Waals surface area contributed by atoms with Gasteiger partial charge in [0.25, 0.3) is 5.91 Å². The van der Waals surface area contributed by atoms with Crippen LogP contribution in [0.1, 0.15) is 46.9 Å². The van der Waals surface area contributed by atoms with Gasteiger partial charge in [0.05, 0.1) is 28.9 Å². The van der Waals surface area contributed by atoms with Gasteiger partial charge in [0.1, 0.15) is 5.82 Å². The van der Waals surface area contributed by atoms with Crippen LogP contribution in [0.15, 0.2) is 69.2 Å². The number of hydrogen-bond acceptors (Lipinski definition) is 10. The molecule has 49 heavy (non-hydrogen) atoms. The molecule has 0 radical (unpaired) electrons. The van der Waals surface area contributed by atoms with E-state index in [2.05, 4.69) is 10.3 Å². The number of fused-ring (bicyclic) bond motifs is 2. The molecule has 1 aliphatic heterocycles. The summed E-state index contributed by atoms with van der Waals surface area (Å²) >= 11 is 1.44. The number of oxazole rings is 1. The van der Waals surface area contributed by atoms with Crippen molar-refractivity contribution in [3.8, 4) is 11.3 Å². The Morgan fingerprint density at radius 2 is 1.90 bits per heavy atom. The second-order valence-corrected chi connectivity index (χ2v) is 14.8. The molecule has 1 saturated heterocycles. The van der Waals surface area contributed by atoms with Crippen LogP contribution in [0.3, 0.4) is 0 Å². The Bertz CT molecular complexity index is 2320. The van der Waals surface area contributed by atoms with Gasteiger partial charge in [-0.1, -0.05) is 0 Å². The lowest BCUT2D eigenvalue weighted by Gasteiger charge is -2.29. The summed E-state index contributed by atoms with van der Waals surface area (Å²) in [4.78, 5) is 38.6. The molecule has 13 nitrogen and oxygen atoms in total. The number of aromatic amines is 1. The van der Waals surface area contributed by atoms with E-state index < -0.39 is 15.8 Å². The number of nitrogens with one attached hydrogen (secondary N) is 2. The van der Waals surface area contributed by atoms with Gasteiger partial charge in [0.2, 0.25) is 10.0 Å². The molecule has 1 aliphatic rings. The second kappa shape index (κ2) is 13.2. The number of anilines is 2. The predicted octanol–water partition coefficient (Wildman–Crippen LogP) is 4.70. The van der Waals surface area contributed by atoms with E-state index in [9.17, 15) is 22.4 Å². The molecule has 5 heterocycles. The van der Waals surface area contributed by atoms with Crippen LogP contribution < -0.4 is 16.0 Å². The second-order valence-electron chi connectivity index (χ2n) is 12.0. The quantitative estimate of drug-likeness (QED) is 0.193. The Hall–Kier alpha value is -4.93. The van der Waals surface area contributed by atoms with Crippen LogP contribution in [0.5, 0.6) is 0 Å². The highest BCUT2D eigenvalue weighted by Crippen LogP contribution is 2.35. The molecule has 2 aromatic carbocycles. The lowest BCUT2D eigenvalue weighted by atomic mass is 9.94. The summed E-state index contributed by atoms with van der Waals surface area (Å²) in [5, 5.41) is 10.6. The van der Waals surface area contributed by atoms with Crippen LogP contribution in [-0.4, -0.2) is 76.1 Å². The molecular weight excluding hydrogens is 672 g/mol. The van der Waals surface area contributed by atoms with Crippen LogP contribution in [0.4, 0.5) is 15.3 Å². The molecule has 0 saturated carbocycles. The van der Waals surface area contributed by atoms with Crippen molar-refractivity contribution in [1.29, 1.82) is 0 Å². The molecule has 2 N–H and O–H groups in total. The Morgan fingerprint density at radius 3 is 2.65 bits per heavy atom. The Labute approximate surface area is 284 Å². The molecule has 4 aromatic heterocycles. The van der Waals surface area contributed by atoms with Gasteiger partial charge in [-0.3, -0.25) is 9.78 Å². The molecule has 6 aromatic rings. The highest BCUT2D eigenvalue weighted by molar-refractivity contribution is 7.88. The number of aromatic nitrogens is 5. The summed E-state index contributed by atoms with van der Waals surface area (Å²) in [6.45, 7) is 1.25. The number of imidazole rings is 1. The zero-order chi connectivity index (χ0) is 34.3. The van der Waals surface area contributed by atoms with Crippen LogP contribution >= 0.6 is 11.3 Å². The first kappa shape index (κ1) is 32.6. The number of nitrogens with zero attached hydrogens (tertiary/aromatic N) is 6. The van der Waals surface area contributed by atoms with Crippen molar-refractivity contribution in [2.45, 2.75) is 31.6 Å². The van der Waals surface area contributed by atoms with Crippen molar-refractivity contribution in [3.05, 3.63) is 93.3 Å². The molecule has 16 heteroatoms. The molecule has 0 bridgehead atoms. The van der Waals surface area contributed by atoms with Crippen molar-refractivity contribution in [2.24, 2.45) is 0 Å². The van der Waals surface area contributed by atoms with Crippen molar-refractivity contribution >= 4 is 55.0 Å². The maximum absolute atomic E-state index is 13.6. The predicted molar refractivity (Wildman–Crippen MR) is 184 cm³/mol. The van der Waals surface area contributed by atoms with Crippen molar-refractivity contribution in [3.63, 3.8) is 0 Å². The van der Waals surface area contributed by atoms with Crippen LogP contribution in [-0.2, 0) is 16.4 Å². The van der Waals surface area contributed by atoms with E-state index in [0.29, 0.717) is 78.5 Å². The number of halogens is 1. The Kier molecular flexibility index (Phi) is 8.77. The average Bonchev–Trinajstić information content (AvgIpc) is 3.82. The summed E-state index contributed by atoms with van der Waals surface area (Å²) in [5.74, 6) is -0.372. The lowest BCUT2D eigenvalue weighted by Crippen LogP contribution is -2.37. The maximum atomic E-state index is 13.6. The zero-order valence-electron chi connectivity index (χ0n) is 26.7. The summed E-state index contributed by atoms with van der Waals surface area (Å²) < 4.78 is 46.1. The van der Waals surface area contributed by atoms with Gasteiger partial charge in [0, 0.05) is 49.1 Å². The molecular formula is C33H33FN8O5S2. The molecule has 0 spiro atoms. The number of thiazole rings is 1. The maximum Gasteiger partial charge on any atom is 0.417 e. The number of piperidine rings is 1. The van der Waals surface area contributed by atoms with Gasteiger partial charge in [-0.2, -0.15) is 9.61 Å². The first-order valence-electron chi connectivity index (χ1n) is 15.7. The molecule has 7 rings (SSSR count). The number of carbonyl (C=O) groups excluding carboxylic acids is 1. The summed E-state index contributed by atoms with van der Waals surface area (Å²) in [5.41, 5.74) is 4.99. The number of sulfonamides is 1. The smallest absolute Gasteiger partial charge is 0.408 e. The average molecular weight is 705 g/mol. The molecule has 0 aliphatic carbocycles. The minimum atomic E-state index is -3.25. The normalized spacial score (nSPS) is 14.5. The molecule has 1 amide bonds. The monoisotopic (exact) mass is 704 g/mol. The fourth-order valence-corrected chi connectivity index (χ4v) is 7.77. The first-order chi connectivity index (χ1) is 23.5. The third-order valence-corrected chi connectivity index (χ3v) is 10.9. The number of hydrogen-bond donors (Lipinski definition) is 2. The number of benzene rings is 2. The Morgan fingerprint density at radius 1 is 1.12 bits per heavy atom. The van der Waals surface area contributed by atoms with Gasteiger partial charge < -0.3 is 14.6 Å². The molecule has 1 fully saturated rings. The number of H-pyrrole nitrogens is 1. The molecule has 0 atom stereocenters. The zero-order valence-corrected chi connectivity index (χ0v) is 28.4. The number of carbonyl (C=O) groups is 1. The number of rotatable bonds is 10.